The molecule has 11 heteroatoms. The lowest BCUT2D eigenvalue weighted by Crippen LogP contribution is -2.22. The summed E-state index contributed by atoms with van der Waals surface area (Å²) in [5.41, 5.74) is 0.254. The SMILES string of the molecule is Fc1ccccc1C1(c2noc(C3CNCCOC3)n2)CC1.O=C(O)C(F)(F)F. The number of benzene rings is 1. The minimum Gasteiger partial charge on any atom is -0.475 e. The molecular weight excluding hydrogens is 398 g/mol. The Labute approximate surface area is 163 Å². The van der Waals surface area contributed by atoms with Crippen molar-refractivity contribution in [1.82, 2.24) is 15.5 Å². The molecule has 2 aromatic rings. The number of ether oxygens (including phenoxy) is 1. The minimum absolute atomic E-state index is 0.0557. The van der Waals surface area contributed by atoms with E-state index < -0.39 is 17.6 Å². The number of nitrogens with zero attached hydrogens (tertiary/aromatic N) is 2. The van der Waals surface area contributed by atoms with Gasteiger partial charge in [0, 0.05) is 18.7 Å². The van der Waals surface area contributed by atoms with Crippen LogP contribution in [0.1, 0.15) is 36.0 Å². The van der Waals surface area contributed by atoms with E-state index in [4.69, 9.17) is 19.2 Å². The van der Waals surface area contributed by atoms with Crippen molar-refractivity contribution in [3.8, 4) is 0 Å². The number of aliphatic carboxylic acids is 1. The zero-order chi connectivity index (χ0) is 21.1. The third-order valence-corrected chi connectivity index (χ3v) is 4.73. The third kappa shape index (κ3) is 4.91. The highest BCUT2D eigenvalue weighted by Crippen LogP contribution is 2.53. The Morgan fingerprint density at radius 1 is 1.28 bits per heavy atom. The molecule has 2 aliphatic rings. The van der Waals surface area contributed by atoms with E-state index in [1.165, 1.54) is 6.07 Å². The van der Waals surface area contributed by atoms with Crippen LogP contribution < -0.4 is 5.32 Å². The summed E-state index contributed by atoms with van der Waals surface area (Å²) in [6.07, 6.45) is -3.38. The van der Waals surface area contributed by atoms with E-state index in [2.05, 4.69) is 15.5 Å². The number of alkyl halides is 3. The number of hydrogen-bond donors (Lipinski definition) is 2. The van der Waals surface area contributed by atoms with Gasteiger partial charge in [0.1, 0.15) is 5.82 Å². The highest BCUT2D eigenvalue weighted by Gasteiger charge is 2.51. The van der Waals surface area contributed by atoms with Gasteiger partial charge in [0.2, 0.25) is 5.89 Å². The zero-order valence-corrected chi connectivity index (χ0v) is 15.2. The summed E-state index contributed by atoms with van der Waals surface area (Å²) in [6, 6.07) is 6.85. The lowest BCUT2D eigenvalue weighted by molar-refractivity contribution is -0.192. The van der Waals surface area contributed by atoms with Gasteiger partial charge in [-0.25, -0.2) is 9.18 Å². The van der Waals surface area contributed by atoms with E-state index in [9.17, 15) is 17.6 Å². The number of aromatic nitrogens is 2. The Bertz CT molecular complexity index is 844. The highest BCUT2D eigenvalue weighted by atomic mass is 19.4. The molecule has 7 nitrogen and oxygen atoms in total. The predicted molar refractivity (Wildman–Crippen MR) is 90.8 cm³/mol. The van der Waals surface area contributed by atoms with Gasteiger partial charge in [0.05, 0.1) is 24.5 Å². The second-order valence-electron chi connectivity index (χ2n) is 6.80. The van der Waals surface area contributed by atoms with Gasteiger partial charge >= 0.3 is 12.1 Å². The van der Waals surface area contributed by atoms with E-state index in [0.29, 0.717) is 30.5 Å². The van der Waals surface area contributed by atoms with Crippen LogP contribution in [-0.2, 0) is 14.9 Å². The van der Waals surface area contributed by atoms with Crippen molar-refractivity contribution in [2.45, 2.75) is 30.4 Å². The summed E-state index contributed by atoms with van der Waals surface area (Å²) in [7, 11) is 0. The first kappa shape index (κ1) is 21.2. The smallest absolute Gasteiger partial charge is 0.475 e. The molecule has 0 radical (unpaired) electrons. The van der Waals surface area contributed by atoms with Crippen molar-refractivity contribution in [1.29, 1.82) is 0 Å². The van der Waals surface area contributed by atoms with Crippen molar-refractivity contribution >= 4 is 5.97 Å². The van der Waals surface area contributed by atoms with Crippen LogP contribution >= 0.6 is 0 Å². The molecule has 1 aliphatic heterocycles. The number of carboxylic acids is 1. The maximum Gasteiger partial charge on any atom is 0.490 e. The van der Waals surface area contributed by atoms with Crippen LogP contribution in [0, 0.1) is 5.82 Å². The Morgan fingerprint density at radius 2 is 1.97 bits per heavy atom. The number of carbonyl (C=O) groups is 1. The van der Waals surface area contributed by atoms with E-state index in [1.807, 2.05) is 12.1 Å². The molecule has 0 bridgehead atoms. The van der Waals surface area contributed by atoms with Crippen LogP contribution in [0.5, 0.6) is 0 Å². The van der Waals surface area contributed by atoms with E-state index in [1.54, 1.807) is 6.07 Å². The molecule has 2 heterocycles. The third-order valence-electron chi connectivity index (χ3n) is 4.73. The Kier molecular flexibility index (Phi) is 6.18. The molecule has 4 rings (SSSR count). The number of hydrogen-bond acceptors (Lipinski definition) is 6. The fraction of sp³-hybridized carbons (Fsp3) is 0.500. The molecule has 1 aliphatic carbocycles. The molecule has 1 saturated heterocycles. The number of rotatable bonds is 3. The maximum absolute atomic E-state index is 14.1. The summed E-state index contributed by atoms with van der Waals surface area (Å²) in [5, 5.41) is 14.6. The molecule has 1 aromatic carbocycles. The fourth-order valence-electron chi connectivity index (χ4n) is 3.05. The second-order valence-corrected chi connectivity index (χ2v) is 6.80. The van der Waals surface area contributed by atoms with Crippen LogP contribution in [0.2, 0.25) is 0 Å². The van der Waals surface area contributed by atoms with E-state index in [-0.39, 0.29) is 11.7 Å². The average molecular weight is 417 g/mol. The highest BCUT2D eigenvalue weighted by molar-refractivity contribution is 5.73. The van der Waals surface area contributed by atoms with Gasteiger partial charge < -0.3 is 19.7 Å². The Hall–Kier alpha value is -2.53. The Morgan fingerprint density at radius 3 is 2.59 bits per heavy atom. The van der Waals surface area contributed by atoms with Gasteiger partial charge in [0.25, 0.3) is 0 Å². The maximum atomic E-state index is 14.1. The second kappa shape index (κ2) is 8.46. The minimum atomic E-state index is -5.08. The zero-order valence-electron chi connectivity index (χ0n) is 15.2. The average Bonchev–Trinajstić information content (AvgIpc) is 3.40. The molecular formula is C18H19F4N3O4. The monoisotopic (exact) mass is 417 g/mol. The normalized spacial score (nSPS) is 20.9. The number of halogens is 4. The molecule has 0 spiro atoms. The van der Waals surface area contributed by atoms with Gasteiger partial charge in [-0.05, 0) is 18.9 Å². The fourth-order valence-corrected chi connectivity index (χ4v) is 3.05. The topological polar surface area (TPSA) is 97.5 Å². The number of nitrogens with one attached hydrogen (secondary N) is 1. The van der Waals surface area contributed by atoms with Gasteiger partial charge in [-0.15, -0.1) is 0 Å². The van der Waals surface area contributed by atoms with Crippen LogP contribution in [-0.4, -0.2) is 53.7 Å². The Balaban J connectivity index is 0.000000298. The first-order valence-corrected chi connectivity index (χ1v) is 8.92. The van der Waals surface area contributed by atoms with Crippen molar-refractivity contribution in [3.63, 3.8) is 0 Å². The molecule has 0 amide bonds. The van der Waals surface area contributed by atoms with Crippen LogP contribution in [0.15, 0.2) is 28.8 Å². The first-order valence-electron chi connectivity index (χ1n) is 8.92. The molecule has 2 N–H and O–H groups in total. The summed E-state index contributed by atoms with van der Waals surface area (Å²) in [4.78, 5) is 13.5. The van der Waals surface area contributed by atoms with Gasteiger partial charge in [-0.1, -0.05) is 23.4 Å². The molecule has 1 aromatic heterocycles. The van der Waals surface area contributed by atoms with Crippen LogP contribution in [0.25, 0.3) is 0 Å². The molecule has 1 unspecified atom stereocenters. The van der Waals surface area contributed by atoms with Gasteiger partial charge in [-0.2, -0.15) is 18.2 Å². The van der Waals surface area contributed by atoms with E-state index >= 15 is 0 Å². The van der Waals surface area contributed by atoms with Crippen LogP contribution in [0.4, 0.5) is 17.6 Å². The van der Waals surface area contributed by atoms with Crippen LogP contribution in [0.3, 0.4) is 0 Å². The summed E-state index contributed by atoms with van der Waals surface area (Å²) in [6.45, 7) is 2.85. The summed E-state index contributed by atoms with van der Waals surface area (Å²) < 4.78 is 56.8. The van der Waals surface area contributed by atoms with Crippen molar-refractivity contribution in [2.24, 2.45) is 0 Å². The predicted octanol–water partition coefficient (Wildman–Crippen LogP) is 2.63. The van der Waals surface area contributed by atoms with E-state index in [0.717, 1.165) is 25.9 Å². The molecule has 1 saturated carbocycles. The molecule has 158 valence electrons. The van der Waals surface area contributed by atoms with Crippen molar-refractivity contribution < 1.29 is 36.7 Å². The lowest BCUT2D eigenvalue weighted by atomic mass is 9.94. The summed E-state index contributed by atoms with van der Waals surface area (Å²) >= 11 is 0. The molecule has 29 heavy (non-hydrogen) atoms. The van der Waals surface area contributed by atoms with Crippen molar-refractivity contribution in [3.05, 3.63) is 47.4 Å². The molecule has 1 atom stereocenters. The number of carboxylic acid groups (broad SMARTS) is 1. The first-order chi connectivity index (χ1) is 13.7. The van der Waals surface area contributed by atoms with Gasteiger partial charge in [-0.3, -0.25) is 0 Å². The summed E-state index contributed by atoms with van der Waals surface area (Å²) in [5.74, 6) is -1.73. The lowest BCUT2D eigenvalue weighted by Gasteiger charge is -2.12. The molecule has 2 fully saturated rings. The quantitative estimate of drug-likeness (QED) is 0.741. The standard InChI is InChI=1S/C16H18FN3O2.C2HF3O2/c17-13-4-2-1-3-12(13)16(5-6-16)15-19-14(22-20-15)11-9-18-7-8-21-10-11;3-2(4,5)1(6)7/h1-4,11,18H,5-10H2;(H,6,7). The largest absolute Gasteiger partial charge is 0.490 e. The van der Waals surface area contributed by atoms with Crippen molar-refractivity contribution in [2.75, 3.05) is 26.3 Å². The van der Waals surface area contributed by atoms with Gasteiger partial charge in [0.15, 0.2) is 5.82 Å².